The minimum Gasteiger partial charge on any atom is -0.413 e. The standard InChI is InChI=1S/C80H127BrO14Si4/c1-19-98(20-2,21-3)95-78(12)50-67(91-80(57-78)52-66(88-58-86-43-44-96(14,15)16)45-63(89-80)41-42-85-55-62-35-31-32-40-72(62)81)48-73(82)59(4)75(83)60(5)74(94-97(17,18)76(6,7)8)49-64-46-65(84-13)51-79(90-64)53-68(47-69(92-79)56-87-54-61-33-25-22-26-34-61)93-99(77(9,10)11,70-36-27-23-28-37-70)71-38-29-24-30-39-71/h22-40,59-60,63-69,74-75,83H,19-21,41-58H2,1-18H3/t59-,60-,63+,64+,65+,66+,67+,68+,69-,74+,75+,78+,79-,80-/m1/s1. The van der Waals surface area contributed by atoms with Crippen molar-refractivity contribution < 1.29 is 65.8 Å². The minimum atomic E-state index is -3.06. The SMILES string of the molecule is CC[Si](CC)(CC)O[C@@]1(C)C[C@H](CC(=O)[C@@H](C)[C@H](O)[C@H](C)[C@H](C[C@@H]2C[C@H](OC)C[C@@]3(C[C@@H](O[Si](c4ccccc4)(c4ccccc4)C(C)(C)C)C[C@H](COCc4ccccc4)O3)O2)O[Si](C)(C)C(C)(C)C)O[C@]2(C[C@@H](OCOCC[Si](C)(C)C)C[C@H](CCOCc3ccccc3Br)O2)C1. The average molecular weight is 1510 g/mol. The third kappa shape index (κ3) is 22.2. The summed E-state index contributed by atoms with van der Waals surface area (Å²) in [5.41, 5.74) is 1.50. The smallest absolute Gasteiger partial charge is 0.261 e. The number of benzene rings is 4. The van der Waals surface area contributed by atoms with Crippen LogP contribution in [0.2, 0.25) is 67.0 Å². The molecule has 4 aromatic rings. The highest BCUT2D eigenvalue weighted by atomic mass is 79.9. The molecule has 4 aliphatic heterocycles. The van der Waals surface area contributed by atoms with E-state index in [1.807, 2.05) is 43.3 Å². The van der Waals surface area contributed by atoms with Gasteiger partial charge in [0, 0.05) is 102 Å². The molecule has 1 N–H and O–H groups in total. The zero-order valence-corrected chi connectivity index (χ0v) is 69.4. The van der Waals surface area contributed by atoms with Crippen LogP contribution in [0.5, 0.6) is 0 Å². The molecule has 4 saturated heterocycles. The van der Waals surface area contributed by atoms with E-state index in [-0.39, 0.29) is 59.6 Å². The molecule has 4 heterocycles. The van der Waals surface area contributed by atoms with Crippen molar-refractivity contribution >= 4 is 65.1 Å². The summed E-state index contributed by atoms with van der Waals surface area (Å²) in [5.74, 6) is -3.58. The Labute approximate surface area is 609 Å². The summed E-state index contributed by atoms with van der Waals surface area (Å²) in [5, 5.41) is 15.0. The molecule has 0 aliphatic carbocycles. The van der Waals surface area contributed by atoms with Crippen molar-refractivity contribution in [3.8, 4) is 0 Å². The van der Waals surface area contributed by atoms with Gasteiger partial charge < -0.3 is 61.0 Å². The van der Waals surface area contributed by atoms with Gasteiger partial charge in [-0.25, -0.2) is 0 Å². The van der Waals surface area contributed by atoms with E-state index in [0.717, 1.165) is 39.8 Å². The van der Waals surface area contributed by atoms with Gasteiger partial charge in [-0.1, -0.05) is 221 Å². The number of Topliss-reactive ketones (excluding diaryl/α,β-unsaturated/α-hetero) is 1. The summed E-state index contributed by atoms with van der Waals surface area (Å²) in [7, 11) is -7.38. The fourth-order valence-electron chi connectivity index (χ4n) is 15.7. The molecule has 554 valence electrons. The van der Waals surface area contributed by atoms with E-state index in [2.05, 4.69) is 204 Å². The molecule has 8 rings (SSSR count). The molecule has 0 amide bonds. The molecule has 19 heteroatoms. The second-order valence-electron chi connectivity index (χ2n) is 33.6. The molecule has 0 bridgehead atoms. The number of hydrogen-bond donors (Lipinski definition) is 1. The number of methoxy groups -OCH3 is 1. The summed E-state index contributed by atoms with van der Waals surface area (Å²) in [6, 6.07) is 44.0. The van der Waals surface area contributed by atoms with Crippen LogP contribution in [0, 0.1) is 11.8 Å². The molecule has 0 radical (unpaired) electrons. The molecule has 14 nitrogen and oxygen atoms in total. The van der Waals surface area contributed by atoms with Crippen LogP contribution in [-0.2, 0) is 73.9 Å². The van der Waals surface area contributed by atoms with Gasteiger partial charge in [-0.3, -0.25) is 4.79 Å². The van der Waals surface area contributed by atoms with Crippen LogP contribution in [-0.4, -0.2) is 150 Å². The fourth-order valence-corrected chi connectivity index (χ4v) is 26.1. The predicted molar refractivity (Wildman–Crippen MR) is 411 cm³/mol. The highest BCUT2D eigenvalue weighted by Gasteiger charge is 2.58. The van der Waals surface area contributed by atoms with Crippen LogP contribution in [0.3, 0.4) is 0 Å². The van der Waals surface area contributed by atoms with Gasteiger partial charge in [0.25, 0.3) is 8.32 Å². The van der Waals surface area contributed by atoms with Crippen LogP contribution in [0.15, 0.2) is 120 Å². The van der Waals surface area contributed by atoms with Crippen molar-refractivity contribution in [2.24, 2.45) is 11.8 Å². The van der Waals surface area contributed by atoms with Crippen molar-refractivity contribution in [1.82, 2.24) is 0 Å². The number of aliphatic hydroxyl groups excluding tert-OH is 1. The van der Waals surface area contributed by atoms with Crippen molar-refractivity contribution in [1.29, 1.82) is 0 Å². The molecule has 2 spiro atoms. The number of ether oxygens (including phenoxy) is 9. The van der Waals surface area contributed by atoms with Crippen molar-refractivity contribution in [2.45, 2.75) is 306 Å². The first-order valence-electron chi connectivity index (χ1n) is 37.4. The first kappa shape index (κ1) is 82.0. The largest absolute Gasteiger partial charge is 0.413 e. The maximum atomic E-state index is 15.4. The maximum Gasteiger partial charge on any atom is 0.261 e. The lowest BCUT2D eigenvalue weighted by Crippen LogP contribution is -2.69. The number of hydrogen-bond acceptors (Lipinski definition) is 14. The zero-order chi connectivity index (χ0) is 72.1. The van der Waals surface area contributed by atoms with Crippen LogP contribution in [0.4, 0.5) is 0 Å². The fraction of sp³-hybridized carbons (Fsp3) is 0.688. The van der Waals surface area contributed by atoms with Gasteiger partial charge in [0.2, 0.25) is 0 Å². The molecule has 4 aliphatic rings. The topological polar surface area (TPSA) is 148 Å². The van der Waals surface area contributed by atoms with Crippen LogP contribution in [0.25, 0.3) is 0 Å². The second kappa shape index (κ2) is 35.6. The van der Waals surface area contributed by atoms with Crippen LogP contribution >= 0.6 is 15.9 Å². The molecule has 4 aromatic carbocycles. The lowest BCUT2D eigenvalue weighted by Gasteiger charge is -2.55. The van der Waals surface area contributed by atoms with Gasteiger partial charge in [-0.05, 0) is 94.7 Å². The molecule has 99 heavy (non-hydrogen) atoms. The first-order chi connectivity index (χ1) is 46.7. The lowest BCUT2D eigenvalue weighted by atomic mass is 9.79. The van der Waals surface area contributed by atoms with Gasteiger partial charge in [-0.15, -0.1) is 0 Å². The van der Waals surface area contributed by atoms with E-state index in [1.165, 1.54) is 10.4 Å². The Hall–Kier alpha value is -2.62. The Balaban J connectivity index is 1.07. The van der Waals surface area contributed by atoms with E-state index in [4.69, 9.17) is 55.9 Å². The monoisotopic (exact) mass is 1500 g/mol. The second-order valence-corrected chi connectivity index (χ2v) is 53.7. The maximum absolute atomic E-state index is 15.4. The molecular weight excluding hydrogens is 1380 g/mol. The minimum absolute atomic E-state index is 0.0707. The molecule has 14 atom stereocenters. The van der Waals surface area contributed by atoms with E-state index >= 15 is 4.79 Å². The third-order valence-electron chi connectivity index (χ3n) is 22.4. The van der Waals surface area contributed by atoms with Gasteiger partial charge in [0.05, 0.1) is 80.4 Å². The van der Waals surface area contributed by atoms with Crippen molar-refractivity contribution in [2.75, 3.05) is 33.7 Å². The van der Waals surface area contributed by atoms with Crippen molar-refractivity contribution in [3.05, 3.63) is 131 Å². The van der Waals surface area contributed by atoms with Crippen LogP contribution in [0.1, 0.15) is 165 Å². The van der Waals surface area contributed by atoms with Crippen molar-refractivity contribution in [3.63, 3.8) is 0 Å². The summed E-state index contributed by atoms with van der Waals surface area (Å²) in [6.45, 7) is 40.8. The van der Waals surface area contributed by atoms with E-state index < -0.39 is 86.5 Å². The zero-order valence-electron chi connectivity index (χ0n) is 63.8. The van der Waals surface area contributed by atoms with Gasteiger partial charge in [0.15, 0.2) is 28.2 Å². The van der Waals surface area contributed by atoms with Gasteiger partial charge in [0.1, 0.15) is 12.6 Å². The van der Waals surface area contributed by atoms with Crippen LogP contribution < -0.4 is 10.4 Å². The highest BCUT2D eigenvalue weighted by Crippen LogP contribution is 2.51. The number of carbonyl (C=O) groups is 1. The number of halogens is 1. The van der Waals surface area contributed by atoms with E-state index in [0.29, 0.717) is 97.2 Å². The van der Waals surface area contributed by atoms with E-state index in [1.54, 1.807) is 7.11 Å². The molecule has 0 unspecified atom stereocenters. The average Bonchev–Trinajstić information content (AvgIpc) is 0.747. The summed E-state index contributed by atoms with van der Waals surface area (Å²) in [6.07, 6.45) is 1.47. The van der Waals surface area contributed by atoms with Gasteiger partial charge in [-0.2, -0.15) is 0 Å². The Bertz CT molecular complexity index is 3030. The quantitative estimate of drug-likeness (QED) is 0.0265. The molecular formula is C80H127BrO14Si4. The summed E-state index contributed by atoms with van der Waals surface area (Å²) >= 11 is 3.69. The Kier molecular flexibility index (Phi) is 29.5. The molecule has 0 saturated carbocycles. The van der Waals surface area contributed by atoms with Gasteiger partial charge >= 0.3 is 0 Å². The summed E-state index contributed by atoms with van der Waals surface area (Å²) < 4.78 is 86.0. The molecule has 0 aromatic heterocycles. The predicted octanol–water partition coefficient (Wildman–Crippen LogP) is 17.5. The Morgan fingerprint density at radius 2 is 1.20 bits per heavy atom. The Morgan fingerprint density at radius 3 is 1.80 bits per heavy atom. The van der Waals surface area contributed by atoms with E-state index in [9.17, 15) is 5.11 Å². The number of aliphatic hydroxyl groups is 1. The highest BCUT2D eigenvalue weighted by molar-refractivity contribution is 9.10. The summed E-state index contributed by atoms with van der Waals surface area (Å²) in [4.78, 5) is 15.4. The number of rotatable bonds is 35. The third-order valence-corrected chi connectivity index (χ3v) is 39.3. The lowest BCUT2D eigenvalue weighted by molar-refractivity contribution is -0.353. The molecule has 4 fully saturated rings. The number of carbonyl (C=O) groups excluding carboxylic acids is 1. The normalized spacial score (nSPS) is 27.3. The Morgan fingerprint density at radius 1 is 0.646 bits per heavy atom. The first-order valence-corrected chi connectivity index (χ1v) is 49.3. The number of ketones is 1.